The predicted molar refractivity (Wildman–Crippen MR) is 67.9 cm³/mol. The molecule has 0 saturated heterocycles. The molecule has 0 aliphatic carbocycles. The number of aliphatic hydroxyl groups is 1. The van der Waals surface area contributed by atoms with Crippen molar-refractivity contribution in [1.82, 2.24) is 9.88 Å². The smallest absolute Gasteiger partial charge is 0.326 e. The van der Waals surface area contributed by atoms with E-state index in [1.165, 1.54) is 4.57 Å². The van der Waals surface area contributed by atoms with Gasteiger partial charge in [0.2, 0.25) is 0 Å². The molecule has 1 rings (SSSR count). The summed E-state index contributed by atoms with van der Waals surface area (Å²) in [5, 5.41) is 12.9. The third kappa shape index (κ3) is 3.60. The predicted octanol–water partition coefficient (Wildman–Crippen LogP) is 2.53. The second-order valence-electron chi connectivity index (χ2n) is 5.67. The van der Waals surface area contributed by atoms with Gasteiger partial charge in [0.15, 0.2) is 0 Å². The van der Waals surface area contributed by atoms with Crippen LogP contribution in [0.1, 0.15) is 46.4 Å². The fourth-order valence-electron chi connectivity index (χ4n) is 1.54. The molecule has 1 atom stereocenters. The van der Waals surface area contributed by atoms with Crippen molar-refractivity contribution in [2.24, 2.45) is 5.92 Å². The molecular weight excluding hydrogens is 216 g/mol. The van der Waals surface area contributed by atoms with E-state index in [0.29, 0.717) is 5.69 Å². The highest BCUT2D eigenvalue weighted by molar-refractivity contribution is 5.78. The minimum absolute atomic E-state index is 0.0751. The first-order valence-electron chi connectivity index (χ1n) is 5.90. The summed E-state index contributed by atoms with van der Waals surface area (Å²) < 4.78 is 1.47. The van der Waals surface area contributed by atoms with E-state index >= 15 is 0 Å². The summed E-state index contributed by atoms with van der Waals surface area (Å²) in [6.45, 7) is 9.61. The number of nitrogens with one attached hydrogen (secondary N) is 1. The van der Waals surface area contributed by atoms with Crippen LogP contribution in [0.15, 0.2) is 18.3 Å². The second-order valence-corrected chi connectivity index (χ2v) is 5.67. The standard InChI is InChI=1S/C13H22N2O2/c1-9(2)11(16)10-7-6-8-15(10)12(17)14-13(3,4)5/h6-9,11,16H,1-5H3,(H,14,17). The van der Waals surface area contributed by atoms with Crippen LogP contribution < -0.4 is 5.32 Å². The van der Waals surface area contributed by atoms with E-state index in [1.54, 1.807) is 18.3 Å². The SMILES string of the molecule is CC(C)C(O)c1cccn1C(=O)NC(C)(C)C. The van der Waals surface area contributed by atoms with Crippen molar-refractivity contribution in [1.29, 1.82) is 0 Å². The highest BCUT2D eigenvalue weighted by Crippen LogP contribution is 2.21. The summed E-state index contributed by atoms with van der Waals surface area (Å²) in [4.78, 5) is 12.0. The van der Waals surface area contributed by atoms with E-state index in [1.807, 2.05) is 34.6 Å². The highest BCUT2D eigenvalue weighted by atomic mass is 16.3. The quantitative estimate of drug-likeness (QED) is 0.832. The summed E-state index contributed by atoms with van der Waals surface area (Å²) in [7, 11) is 0. The zero-order valence-electron chi connectivity index (χ0n) is 11.2. The van der Waals surface area contributed by atoms with Crippen LogP contribution in [0.25, 0.3) is 0 Å². The lowest BCUT2D eigenvalue weighted by Gasteiger charge is -2.23. The molecule has 0 aliphatic heterocycles. The lowest BCUT2D eigenvalue weighted by Crippen LogP contribution is -2.43. The van der Waals surface area contributed by atoms with E-state index < -0.39 is 6.10 Å². The maximum atomic E-state index is 12.0. The van der Waals surface area contributed by atoms with Gasteiger partial charge in [-0.1, -0.05) is 13.8 Å². The monoisotopic (exact) mass is 238 g/mol. The van der Waals surface area contributed by atoms with Crippen molar-refractivity contribution in [3.63, 3.8) is 0 Å². The summed E-state index contributed by atoms with van der Waals surface area (Å²) in [6.07, 6.45) is 1.04. The Bertz CT molecular complexity index is 388. The van der Waals surface area contributed by atoms with Crippen molar-refractivity contribution in [3.8, 4) is 0 Å². The molecule has 1 aromatic rings. The Morgan fingerprint density at radius 3 is 2.47 bits per heavy atom. The Morgan fingerprint density at radius 1 is 1.41 bits per heavy atom. The van der Waals surface area contributed by atoms with Gasteiger partial charge in [-0.25, -0.2) is 4.79 Å². The molecule has 0 aromatic carbocycles. The average molecular weight is 238 g/mol. The van der Waals surface area contributed by atoms with Gasteiger partial charge in [-0.05, 0) is 38.8 Å². The summed E-state index contributed by atoms with van der Waals surface area (Å²) in [5.74, 6) is 0.0751. The Labute approximate surface area is 103 Å². The van der Waals surface area contributed by atoms with Crippen LogP contribution in [-0.4, -0.2) is 21.2 Å². The van der Waals surface area contributed by atoms with Crippen molar-refractivity contribution < 1.29 is 9.90 Å². The van der Waals surface area contributed by atoms with Gasteiger partial charge in [0.05, 0.1) is 11.8 Å². The van der Waals surface area contributed by atoms with Crippen LogP contribution in [-0.2, 0) is 0 Å². The molecule has 17 heavy (non-hydrogen) atoms. The van der Waals surface area contributed by atoms with Crippen molar-refractivity contribution in [2.75, 3.05) is 0 Å². The maximum Gasteiger partial charge on any atom is 0.326 e. The fourth-order valence-corrected chi connectivity index (χ4v) is 1.54. The molecule has 1 heterocycles. The first kappa shape index (κ1) is 13.8. The molecule has 1 aromatic heterocycles. The number of hydrogen-bond acceptors (Lipinski definition) is 2. The van der Waals surface area contributed by atoms with Crippen LogP contribution in [0.3, 0.4) is 0 Å². The van der Waals surface area contributed by atoms with Crippen LogP contribution in [0.5, 0.6) is 0 Å². The molecule has 1 unspecified atom stereocenters. The lowest BCUT2D eigenvalue weighted by molar-refractivity contribution is 0.119. The minimum Gasteiger partial charge on any atom is -0.387 e. The maximum absolute atomic E-state index is 12.0. The number of aromatic nitrogens is 1. The third-order valence-corrected chi connectivity index (χ3v) is 2.42. The molecule has 4 nitrogen and oxygen atoms in total. The van der Waals surface area contributed by atoms with Crippen molar-refractivity contribution in [3.05, 3.63) is 24.0 Å². The molecule has 0 saturated carbocycles. The number of hydrogen-bond donors (Lipinski definition) is 2. The van der Waals surface area contributed by atoms with E-state index in [0.717, 1.165) is 0 Å². The summed E-state index contributed by atoms with van der Waals surface area (Å²) >= 11 is 0. The van der Waals surface area contributed by atoms with Gasteiger partial charge in [0, 0.05) is 11.7 Å². The van der Waals surface area contributed by atoms with E-state index in [-0.39, 0.29) is 17.5 Å². The van der Waals surface area contributed by atoms with E-state index in [4.69, 9.17) is 0 Å². The number of carbonyl (C=O) groups excluding carboxylic acids is 1. The average Bonchev–Trinajstić information content (AvgIpc) is 2.61. The molecule has 0 spiro atoms. The minimum atomic E-state index is -0.629. The van der Waals surface area contributed by atoms with Crippen LogP contribution in [0.4, 0.5) is 4.79 Å². The molecule has 0 radical (unpaired) electrons. The Morgan fingerprint density at radius 2 is 2.00 bits per heavy atom. The van der Waals surface area contributed by atoms with Gasteiger partial charge in [-0.3, -0.25) is 4.57 Å². The van der Waals surface area contributed by atoms with Gasteiger partial charge < -0.3 is 10.4 Å². The molecule has 2 N–H and O–H groups in total. The van der Waals surface area contributed by atoms with Crippen LogP contribution in [0, 0.1) is 5.92 Å². The van der Waals surface area contributed by atoms with Crippen LogP contribution in [0.2, 0.25) is 0 Å². The van der Waals surface area contributed by atoms with Crippen molar-refractivity contribution in [2.45, 2.75) is 46.3 Å². The fraction of sp³-hybridized carbons (Fsp3) is 0.615. The zero-order valence-corrected chi connectivity index (χ0v) is 11.2. The van der Waals surface area contributed by atoms with Gasteiger partial charge in [-0.2, -0.15) is 0 Å². The Kier molecular flexibility index (Phi) is 3.98. The molecule has 0 bridgehead atoms. The number of nitrogens with zero attached hydrogens (tertiary/aromatic N) is 1. The topological polar surface area (TPSA) is 54.3 Å². The van der Waals surface area contributed by atoms with Crippen molar-refractivity contribution >= 4 is 6.03 Å². The lowest BCUT2D eigenvalue weighted by atomic mass is 10.0. The Hall–Kier alpha value is -1.29. The Balaban J connectivity index is 2.93. The normalized spacial score (nSPS) is 13.8. The van der Waals surface area contributed by atoms with E-state index in [9.17, 15) is 9.90 Å². The highest BCUT2D eigenvalue weighted by Gasteiger charge is 2.21. The number of rotatable bonds is 2. The molecule has 1 amide bonds. The largest absolute Gasteiger partial charge is 0.387 e. The molecule has 0 fully saturated rings. The molecule has 96 valence electrons. The number of amides is 1. The van der Waals surface area contributed by atoms with Gasteiger partial charge in [-0.15, -0.1) is 0 Å². The molecular formula is C13H22N2O2. The molecule has 0 aliphatic rings. The second kappa shape index (κ2) is 4.92. The molecule has 4 heteroatoms. The first-order chi connectivity index (χ1) is 7.72. The van der Waals surface area contributed by atoms with Crippen LogP contribution >= 0.6 is 0 Å². The number of aliphatic hydroxyl groups excluding tert-OH is 1. The third-order valence-electron chi connectivity index (χ3n) is 2.42. The first-order valence-corrected chi connectivity index (χ1v) is 5.90. The summed E-state index contributed by atoms with van der Waals surface area (Å²) in [5.41, 5.74) is 0.336. The van der Waals surface area contributed by atoms with Gasteiger partial charge in [0.25, 0.3) is 0 Å². The summed E-state index contributed by atoms with van der Waals surface area (Å²) in [6, 6.07) is 3.33. The van der Waals surface area contributed by atoms with Gasteiger partial charge in [0.1, 0.15) is 0 Å². The van der Waals surface area contributed by atoms with E-state index in [2.05, 4.69) is 5.32 Å². The number of carbonyl (C=O) groups is 1. The van der Waals surface area contributed by atoms with Gasteiger partial charge >= 0.3 is 6.03 Å². The zero-order chi connectivity index (χ0) is 13.2.